The molecule has 0 unspecified atom stereocenters. The summed E-state index contributed by atoms with van der Waals surface area (Å²) in [4.78, 5) is 30.7. The van der Waals surface area contributed by atoms with E-state index in [1.54, 1.807) is 6.92 Å². The van der Waals surface area contributed by atoms with E-state index in [9.17, 15) is 14.9 Å². The van der Waals surface area contributed by atoms with Crippen LogP contribution in [0.1, 0.15) is 32.6 Å². The molecule has 1 aromatic heterocycles. The maximum atomic E-state index is 12.4. The Hall–Kier alpha value is -1.96. The summed E-state index contributed by atoms with van der Waals surface area (Å²) in [5.41, 5.74) is -0.247. The SMILES string of the molecule is CCOC(=O)[C@H]1C2CCC(CC2)[C@@H]1Nc1nc(Cl)ncc1[N+](=O)[O-]. The molecule has 3 fully saturated rings. The zero-order valence-electron chi connectivity index (χ0n) is 13.3. The van der Waals surface area contributed by atoms with Crippen LogP contribution in [0.2, 0.25) is 5.28 Å². The van der Waals surface area contributed by atoms with Crippen LogP contribution >= 0.6 is 11.6 Å². The van der Waals surface area contributed by atoms with E-state index in [0.29, 0.717) is 6.61 Å². The lowest BCUT2D eigenvalue weighted by atomic mass is 9.61. The number of esters is 1. The third-order valence-corrected chi connectivity index (χ3v) is 5.20. The third-order valence-electron chi connectivity index (χ3n) is 5.02. The molecule has 1 heterocycles. The smallest absolute Gasteiger partial charge is 0.329 e. The molecule has 0 amide bonds. The Bertz CT molecular complexity index is 648. The lowest BCUT2D eigenvalue weighted by molar-refractivity contribution is -0.384. The van der Waals surface area contributed by atoms with Crippen molar-refractivity contribution < 1.29 is 14.5 Å². The maximum Gasteiger partial charge on any atom is 0.329 e. The van der Waals surface area contributed by atoms with Crippen molar-refractivity contribution >= 4 is 29.1 Å². The first-order chi connectivity index (χ1) is 11.5. The number of carbonyl (C=O) groups is 1. The molecular formula is C15H19ClN4O4. The molecule has 24 heavy (non-hydrogen) atoms. The first-order valence-corrected chi connectivity index (χ1v) is 8.49. The normalized spacial score (nSPS) is 28.4. The number of anilines is 1. The number of rotatable bonds is 5. The van der Waals surface area contributed by atoms with E-state index in [4.69, 9.17) is 16.3 Å². The van der Waals surface area contributed by atoms with Crippen molar-refractivity contribution in [3.8, 4) is 0 Å². The van der Waals surface area contributed by atoms with Crippen molar-refractivity contribution in [1.29, 1.82) is 0 Å². The molecule has 0 radical (unpaired) electrons. The number of hydrogen-bond acceptors (Lipinski definition) is 7. The van der Waals surface area contributed by atoms with Crippen LogP contribution in [0.15, 0.2) is 6.20 Å². The molecule has 0 spiro atoms. The second kappa shape index (κ2) is 6.88. The Kier molecular flexibility index (Phi) is 4.84. The summed E-state index contributed by atoms with van der Waals surface area (Å²) in [5, 5.41) is 14.2. The largest absolute Gasteiger partial charge is 0.466 e. The van der Waals surface area contributed by atoms with E-state index in [1.165, 1.54) is 0 Å². The van der Waals surface area contributed by atoms with Crippen LogP contribution in [0, 0.1) is 27.9 Å². The van der Waals surface area contributed by atoms with Crippen LogP contribution < -0.4 is 5.32 Å². The van der Waals surface area contributed by atoms with Crippen LogP contribution in [-0.2, 0) is 9.53 Å². The molecule has 0 aliphatic heterocycles. The Morgan fingerprint density at radius 1 is 1.42 bits per heavy atom. The van der Waals surface area contributed by atoms with Crippen molar-refractivity contribution in [2.45, 2.75) is 38.6 Å². The van der Waals surface area contributed by atoms with Gasteiger partial charge in [0.25, 0.3) is 0 Å². The van der Waals surface area contributed by atoms with Gasteiger partial charge >= 0.3 is 11.7 Å². The molecule has 4 rings (SSSR count). The molecule has 0 saturated heterocycles. The Morgan fingerprint density at radius 2 is 2.08 bits per heavy atom. The minimum Gasteiger partial charge on any atom is -0.466 e. The Morgan fingerprint density at radius 3 is 2.71 bits per heavy atom. The highest BCUT2D eigenvalue weighted by Gasteiger charge is 2.48. The van der Waals surface area contributed by atoms with E-state index in [-0.39, 0.29) is 46.6 Å². The molecule has 3 saturated carbocycles. The van der Waals surface area contributed by atoms with Gasteiger partial charge in [-0.2, -0.15) is 4.98 Å². The molecule has 1 N–H and O–H groups in total. The van der Waals surface area contributed by atoms with Crippen LogP contribution in [0.25, 0.3) is 0 Å². The van der Waals surface area contributed by atoms with E-state index in [0.717, 1.165) is 31.9 Å². The molecule has 2 bridgehead atoms. The van der Waals surface area contributed by atoms with Gasteiger partial charge in [0.2, 0.25) is 11.1 Å². The van der Waals surface area contributed by atoms with Gasteiger partial charge in [-0.1, -0.05) is 0 Å². The first-order valence-electron chi connectivity index (χ1n) is 8.11. The van der Waals surface area contributed by atoms with E-state index in [2.05, 4.69) is 15.3 Å². The molecule has 3 aliphatic carbocycles. The molecule has 9 heteroatoms. The number of carbonyl (C=O) groups excluding carboxylic acids is 1. The van der Waals surface area contributed by atoms with Gasteiger partial charge in [-0.05, 0) is 56.0 Å². The van der Waals surface area contributed by atoms with Crippen LogP contribution in [0.5, 0.6) is 0 Å². The number of nitro groups is 1. The average molecular weight is 355 g/mol. The molecule has 8 nitrogen and oxygen atoms in total. The summed E-state index contributed by atoms with van der Waals surface area (Å²) in [6.07, 6.45) is 5.03. The summed E-state index contributed by atoms with van der Waals surface area (Å²) >= 11 is 5.79. The monoisotopic (exact) mass is 354 g/mol. The van der Waals surface area contributed by atoms with Gasteiger partial charge in [-0.25, -0.2) is 4.98 Å². The fourth-order valence-electron chi connectivity index (χ4n) is 3.99. The predicted molar refractivity (Wildman–Crippen MR) is 86.7 cm³/mol. The summed E-state index contributed by atoms with van der Waals surface area (Å²) in [5.74, 6) is 0.00511. The minimum absolute atomic E-state index is 0.0619. The molecule has 130 valence electrons. The number of nitrogens with one attached hydrogen (secondary N) is 1. The second-order valence-corrected chi connectivity index (χ2v) is 6.59. The second-order valence-electron chi connectivity index (χ2n) is 6.25. The number of ether oxygens (including phenoxy) is 1. The lowest BCUT2D eigenvalue weighted by Crippen LogP contribution is -2.52. The van der Waals surface area contributed by atoms with E-state index < -0.39 is 4.92 Å². The summed E-state index contributed by atoms with van der Waals surface area (Å²) in [7, 11) is 0. The highest BCUT2D eigenvalue weighted by atomic mass is 35.5. The summed E-state index contributed by atoms with van der Waals surface area (Å²) in [6.45, 7) is 2.09. The number of halogens is 1. The van der Waals surface area contributed by atoms with Gasteiger partial charge in [-0.15, -0.1) is 0 Å². The zero-order valence-corrected chi connectivity index (χ0v) is 14.0. The van der Waals surface area contributed by atoms with Gasteiger partial charge in [0, 0.05) is 6.04 Å². The maximum absolute atomic E-state index is 12.4. The van der Waals surface area contributed by atoms with Gasteiger partial charge in [0.1, 0.15) is 6.20 Å². The fourth-order valence-corrected chi connectivity index (χ4v) is 4.12. The van der Waals surface area contributed by atoms with Crippen LogP contribution in [-0.4, -0.2) is 33.5 Å². The van der Waals surface area contributed by atoms with E-state index in [1.807, 2.05) is 0 Å². The van der Waals surface area contributed by atoms with Crippen molar-refractivity contribution in [3.63, 3.8) is 0 Å². The minimum atomic E-state index is -0.556. The number of hydrogen-bond donors (Lipinski definition) is 1. The van der Waals surface area contributed by atoms with Crippen LogP contribution in [0.3, 0.4) is 0 Å². The van der Waals surface area contributed by atoms with Crippen molar-refractivity contribution in [3.05, 3.63) is 21.6 Å². The number of nitrogens with zero attached hydrogens (tertiary/aromatic N) is 3. The van der Waals surface area contributed by atoms with Gasteiger partial charge in [0.15, 0.2) is 0 Å². The van der Waals surface area contributed by atoms with Crippen LogP contribution in [0.4, 0.5) is 11.5 Å². The summed E-state index contributed by atoms with van der Waals surface area (Å²) < 4.78 is 5.23. The van der Waals surface area contributed by atoms with Crippen molar-refractivity contribution in [2.24, 2.45) is 17.8 Å². The topological polar surface area (TPSA) is 107 Å². The predicted octanol–water partition coefficient (Wildman–Crippen LogP) is 2.82. The molecule has 1 aromatic rings. The third kappa shape index (κ3) is 3.15. The zero-order chi connectivity index (χ0) is 17.3. The highest BCUT2D eigenvalue weighted by molar-refractivity contribution is 6.28. The fraction of sp³-hybridized carbons (Fsp3) is 0.667. The van der Waals surface area contributed by atoms with Gasteiger partial charge in [-0.3, -0.25) is 14.9 Å². The standard InChI is InChI=1S/C15H19ClN4O4/c1-2-24-14(21)11-8-3-5-9(6-4-8)12(11)18-13-10(20(22)23)7-17-15(16)19-13/h7-9,11-12H,2-6H2,1H3,(H,17,18,19)/t8?,9?,11-,12-/m0/s1. The number of aromatic nitrogens is 2. The molecule has 0 aromatic carbocycles. The van der Waals surface area contributed by atoms with E-state index >= 15 is 0 Å². The van der Waals surface area contributed by atoms with Gasteiger partial charge in [0.05, 0.1) is 17.4 Å². The number of fused-ring (bicyclic) bond motifs is 3. The lowest BCUT2D eigenvalue weighted by Gasteiger charge is -2.47. The average Bonchev–Trinajstić information content (AvgIpc) is 2.55. The summed E-state index contributed by atoms with van der Waals surface area (Å²) in [6, 6.07) is -0.235. The molecule has 3 aliphatic rings. The highest BCUT2D eigenvalue weighted by Crippen LogP contribution is 2.47. The molecule has 2 atom stereocenters. The molecular weight excluding hydrogens is 336 g/mol. The van der Waals surface area contributed by atoms with Gasteiger partial charge < -0.3 is 10.1 Å². The first kappa shape index (κ1) is 16.9. The Balaban J connectivity index is 1.90. The van der Waals surface area contributed by atoms with Crippen molar-refractivity contribution in [2.75, 3.05) is 11.9 Å². The van der Waals surface area contributed by atoms with Crippen molar-refractivity contribution in [1.82, 2.24) is 9.97 Å². The quantitative estimate of drug-likeness (QED) is 0.375. The Labute approximate surface area is 144 Å².